The predicted octanol–water partition coefficient (Wildman–Crippen LogP) is 3.11. The summed E-state index contributed by atoms with van der Waals surface area (Å²) in [5, 5.41) is 20.9. The first kappa shape index (κ1) is 14.1. The third kappa shape index (κ3) is 3.16. The zero-order valence-corrected chi connectivity index (χ0v) is 11.7. The van der Waals surface area contributed by atoms with E-state index in [1.165, 1.54) is 18.2 Å². The lowest BCUT2D eigenvalue weighted by Gasteiger charge is -2.07. The van der Waals surface area contributed by atoms with Gasteiger partial charge >= 0.3 is 5.97 Å². The van der Waals surface area contributed by atoms with Gasteiger partial charge in [0.2, 0.25) is 0 Å². The fraction of sp³-hybridized carbons (Fsp3) is 0. The van der Waals surface area contributed by atoms with Gasteiger partial charge in [-0.3, -0.25) is 4.79 Å². The zero-order valence-electron chi connectivity index (χ0n) is 10.1. The normalized spacial score (nSPS) is 10.1. The fourth-order valence-corrected chi connectivity index (χ4v) is 1.86. The molecule has 2 aromatic rings. The molecule has 0 saturated heterocycles. The molecule has 0 aromatic heterocycles. The molecule has 20 heavy (non-hydrogen) atoms. The van der Waals surface area contributed by atoms with Crippen LogP contribution in [0.4, 0.5) is 5.69 Å². The van der Waals surface area contributed by atoms with Crippen LogP contribution in [0.25, 0.3) is 0 Å². The Labute approximate surface area is 123 Å². The Morgan fingerprint density at radius 2 is 1.70 bits per heavy atom. The summed E-state index contributed by atoms with van der Waals surface area (Å²) in [6.07, 6.45) is 0. The van der Waals surface area contributed by atoms with Crippen molar-refractivity contribution in [1.29, 1.82) is 0 Å². The van der Waals surface area contributed by atoms with E-state index in [4.69, 9.17) is 5.11 Å². The van der Waals surface area contributed by atoms with Crippen molar-refractivity contribution in [3.05, 3.63) is 58.1 Å². The SMILES string of the molecule is O=C(Nc1ccc(C(=O)O)c(O)c1)c1ccc(Br)cc1. The summed E-state index contributed by atoms with van der Waals surface area (Å²) < 4.78 is 0.859. The molecule has 0 bridgehead atoms. The fourth-order valence-electron chi connectivity index (χ4n) is 1.59. The van der Waals surface area contributed by atoms with Crippen LogP contribution in [0.15, 0.2) is 46.9 Å². The molecule has 0 aliphatic carbocycles. The first-order valence-electron chi connectivity index (χ1n) is 5.60. The van der Waals surface area contributed by atoms with Gasteiger partial charge in [0.05, 0.1) is 0 Å². The molecule has 6 heteroatoms. The molecule has 2 aromatic carbocycles. The number of amides is 1. The van der Waals surface area contributed by atoms with Crippen LogP contribution in [0.3, 0.4) is 0 Å². The van der Waals surface area contributed by atoms with Gasteiger partial charge in [0.1, 0.15) is 11.3 Å². The molecule has 102 valence electrons. The second-order valence-electron chi connectivity index (χ2n) is 4.00. The van der Waals surface area contributed by atoms with Crippen LogP contribution in [-0.2, 0) is 0 Å². The van der Waals surface area contributed by atoms with Crippen molar-refractivity contribution < 1.29 is 19.8 Å². The van der Waals surface area contributed by atoms with Gasteiger partial charge in [0.25, 0.3) is 5.91 Å². The maximum absolute atomic E-state index is 11.9. The Balaban J connectivity index is 2.18. The van der Waals surface area contributed by atoms with Crippen molar-refractivity contribution in [3.8, 4) is 5.75 Å². The quantitative estimate of drug-likeness (QED) is 0.804. The van der Waals surface area contributed by atoms with Crippen LogP contribution in [0, 0.1) is 0 Å². The van der Waals surface area contributed by atoms with Crippen LogP contribution < -0.4 is 5.32 Å². The number of aromatic hydroxyl groups is 1. The van der Waals surface area contributed by atoms with E-state index < -0.39 is 11.7 Å². The van der Waals surface area contributed by atoms with E-state index in [0.29, 0.717) is 11.3 Å². The Morgan fingerprint density at radius 1 is 1.05 bits per heavy atom. The zero-order chi connectivity index (χ0) is 14.7. The Bertz CT molecular complexity index is 667. The lowest BCUT2D eigenvalue weighted by Crippen LogP contribution is -2.11. The van der Waals surface area contributed by atoms with Crippen molar-refractivity contribution in [2.45, 2.75) is 0 Å². The van der Waals surface area contributed by atoms with Gasteiger partial charge in [-0.2, -0.15) is 0 Å². The highest BCUT2D eigenvalue weighted by Crippen LogP contribution is 2.22. The summed E-state index contributed by atoms with van der Waals surface area (Å²) in [6.45, 7) is 0. The number of nitrogens with one attached hydrogen (secondary N) is 1. The van der Waals surface area contributed by atoms with Gasteiger partial charge < -0.3 is 15.5 Å². The summed E-state index contributed by atoms with van der Waals surface area (Å²) in [6, 6.07) is 10.6. The predicted molar refractivity (Wildman–Crippen MR) is 77.2 cm³/mol. The standard InChI is InChI=1S/C14H10BrNO4/c15-9-3-1-8(2-4-9)13(18)16-10-5-6-11(14(19)20)12(17)7-10/h1-7,17H,(H,16,18)(H,19,20). The molecule has 1 amide bonds. The number of benzene rings is 2. The monoisotopic (exact) mass is 335 g/mol. The van der Waals surface area contributed by atoms with E-state index in [-0.39, 0.29) is 11.5 Å². The maximum atomic E-state index is 11.9. The molecule has 0 aliphatic heterocycles. The number of carbonyl (C=O) groups excluding carboxylic acids is 1. The molecule has 5 nitrogen and oxygen atoms in total. The van der Waals surface area contributed by atoms with Crippen LogP contribution in [0.2, 0.25) is 0 Å². The van der Waals surface area contributed by atoms with Gasteiger partial charge in [0, 0.05) is 21.8 Å². The molecular formula is C14H10BrNO4. The number of hydrogen-bond donors (Lipinski definition) is 3. The van der Waals surface area contributed by atoms with Crippen molar-refractivity contribution in [2.24, 2.45) is 0 Å². The van der Waals surface area contributed by atoms with Crippen LogP contribution >= 0.6 is 15.9 Å². The maximum Gasteiger partial charge on any atom is 0.339 e. The van der Waals surface area contributed by atoms with E-state index in [2.05, 4.69) is 21.2 Å². The third-order valence-corrected chi connectivity index (χ3v) is 3.12. The number of aromatic carboxylic acids is 1. The summed E-state index contributed by atoms with van der Waals surface area (Å²) >= 11 is 3.27. The average Bonchev–Trinajstić information content (AvgIpc) is 2.39. The van der Waals surface area contributed by atoms with Crippen molar-refractivity contribution in [1.82, 2.24) is 0 Å². The summed E-state index contributed by atoms with van der Waals surface area (Å²) in [5.74, 6) is -1.97. The first-order chi connectivity index (χ1) is 9.47. The lowest BCUT2D eigenvalue weighted by molar-refractivity contribution is 0.0693. The highest BCUT2D eigenvalue weighted by Gasteiger charge is 2.11. The van der Waals surface area contributed by atoms with Crippen molar-refractivity contribution >= 4 is 33.5 Å². The molecule has 0 heterocycles. The minimum Gasteiger partial charge on any atom is -0.507 e. The number of carbonyl (C=O) groups is 2. The van der Waals surface area contributed by atoms with E-state index in [0.717, 1.165) is 4.47 Å². The van der Waals surface area contributed by atoms with E-state index in [1.54, 1.807) is 24.3 Å². The number of anilines is 1. The molecule has 3 N–H and O–H groups in total. The summed E-state index contributed by atoms with van der Waals surface area (Å²) in [7, 11) is 0. The van der Waals surface area contributed by atoms with Crippen LogP contribution in [-0.4, -0.2) is 22.1 Å². The van der Waals surface area contributed by atoms with Gasteiger partial charge in [-0.25, -0.2) is 4.79 Å². The number of halogens is 1. The minimum atomic E-state index is -1.23. The van der Waals surface area contributed by atoms with Crippen molar-refractivity contribution in [2.75, 3.05) is 5.32 Å². The molecule has 0 atom stereocenters. The largest absolute Gasteiger partial charge is 0.507 e. The second-order valence-corrected chi connectivity index (χ2v) is 4.91. The highest BCUT2D eigenvalue weighted by molar-refractivity contribution is 9.10. The van der Waals surface area contributed by atoms with Gasteiger partial charge in [-0.1, -0.05) is 15.9 Å². The summed E-state index contributed by atoms with van der Waals surface area (Å²) in [5.41, 5.74) is 0.557. The Morgan fingerprint density at radius 3 is 2.25 bits per heavy atom. The Hall–Kier alpha value is -2.34. The molecule has 0 unspecified atom stereocenters. The van der Waals surface area contributed by atoms with E-state index in [9.17, 15) is 14.7 Å². The van der Waals surface area contributed by atoms with E-state index >= 15 is 0 Å². The van der Waals surface area contributed by atoms with Gasteiger partial charge in [0.15, 0.2) is 0 Å². The minimum absolute atomic E-state index is 0.216. The smallest absolute Gasteiger partial charge is 0.339 e. The molecule has 0 radical (unpaired) electrons. The van der Waals surface area contributed by atoms with Gasteiger partial charge in [-0.15, -0.1) is 0 Å². The number of carboxylic acids is 1. The van der Waals surface area contributed by atoms with Crippen molar-refractivity contribution in [3.63, 3.8) is 0 Å². The molecule has 0 fully saturated rings. The number of hydrogen-bond acceptors (Lipinski definition) is 3. The van der Waals surface area contributed by atoms with Crippen LogP contribution in [0.5, 0.6) is 5.75 Å². The average molecular weight is 336 g/mol. The number of phenols is 1. The Kier molecular flexibility index (Phi) is 4.05. The molecule has 0 spiro atoms. The molecule has 0 saturated carbocycles. The number of carboxylic acid groups (broad SMARTS) is 1. The first-order valence-corrected chi connectivity index (χ1v) is 6.40. The van der Waals surface area contributed by atoms with Gasteiger partial charge in [-0.05, 0) is 36.4 Å². The number of rotatable bonds is 3. The lowest BCUT2D eigenvalue weighted by atomic mass is 10.1. The third-order valence-electron chi connectivity index (χ3n) is 2.59. The topological polar surface area (TPSA) is 86.6 Å². The highest BCUT2D eigenvalue weighted by atomic mass is 79.9. The summed E-state index contributed by atoms with van der Waals surface area (Å²) in [4.78, 5) is 22.7. The second kappa shape index (κ2) is 5.75. The molecule has 2 rings (SSSR count). The van der Waals surface area contributed by atoms with E-state index in [1.807, 2.05) is 0 Å². The molecule has 0 aliphatic rings. The molecular weight excluding hydrogens is 326 g/mol. The van der Waals surface area contributed by atoms with Crippen LogP contribution in [0.1, 0.15) is 20.7 Å².